The van der Waals surface area contributed by atoms with E-state index < -0.39 is 0 Å². The van der Waals surface area contributed by atoms with Crippen LogP contribution in [0.4, 0.5) is 0 Å². The van der Waals surface area contributed by atoms with Crippen molar-refractivity contribution in [3.63, 3.8) is 0 Å². The quantitative estimate of drug-likeness (QED) is 0.175. The predicted octanol–water partition coefficient (Wildman–Crippen LogP) is 15.0. The maximum absolute atomic E-state index is 3.84. The lowest BCUT2D eigenvalue weighted by molar-refractivity contribution is 0.591. The molecule has 0 fully saturated rings. The molecule has 0 unspecified atom stereocenters. The number of H-pyrrole nitrogens is 1. The highest BCUT2D eigenvalue weighted by Crippen LogP contribution is 2.44. The van der Waals surface area contributed by atoms with Crippen LogP contribution in [0.5, 0.6) is 0 Å². The zero-order valence-electron chi connectivity index (χ0n) is 31.2. The zero-order chi connectivity index (χ0) is 36.0. The molecule has 0 amide bonds. The van der Waals surface area contributed by atoms with Crippen LogP contribution < -0.4 is 0 Å². The number of hydrogen-bond donors (Lipinski definition) is 1. The number of aromatic nitrogens is 1. The summed E-state index contributed by atoms with van der Waals surface area (Å²) in [5, 5.41) is 18.5. The van der Waals surface area contributed by atoms with E-state index >= 15 is 0 Å². The molecular formula is C52H41N. The summed E-state index contributed by atoms with van der Waals surface area (Å²) < 4.78 is 0. The molecule has 0 saturated carbocycles. The first-order valence-electron chi connectivity index (χ1n) is 19.0. The SMILES string of the molecule is CC(C)(C)c1cc2ccc3ccc(-c4ccc5c(c4)[nH]c4cc(-c6ccc7ccc8cc(C(C)(C)C)cc9ccc6c7c89)ccc45)c4ccc(c1)c2c34. The summed E-state index contributed by atoms with van der Waals surface area (Å²) in [6.07, 6.45) is 0. The van der Waals surface area contributed by atoms with Crippen molar-refractivity contribution in [3.05, 3.63) is 145 Å². The Hall–Kier alpha value is -5.92. The van der Waals surface area contributed by atoms with Gasteiger partial charge in [-0.15, -0.1) is 0 Å². The molecule has 0 aliphatic carbocycles. The van der Waals surface area contributed by atoms with Gasteiger partial charge in [0.05, 0.1) is 0 Å². The number of aromatic amines is 1. The molecule has 0 radical (unpaired) electrons. The van der Waals surface area contributed by atoms with Gasteiger partial charge in [0.25, 0.3) is 0 Å². The summed E-state index contributed by atoms with van der Waals surface area (Å²) in [4.78, 5) is 3.84. The average Bonchev–Trinajstić information content (AvgIpc) is 3.52. The second-order valence-corrected chi connectivity index (χ2v) is 17.5. The van der Waals surface area contributed by atoms with E-state index in [1.807, 2.05) is 0 Å². The third-order valence-electron chi connectivity index (χ3n) is 12.2. The Balaban J connectivity index is 1.04. The molecule has 11 rings (SSSR count). The summed E-state index contributed by atoms with van der Waals surface area (Å²) in [6.45, 7) is 13.8. The third-order valence-corrected chi connectivity index (χ3v) is 12.2. The van der Waals surface area contributed by atoms with Crippen molar-refractivity contribution in [1.82, 2.24) is 4.98 Å². The van der Waals surface area contributed by atoms with Gasteiger partial charge in [-0.2, -0.15) is 0 Å². The van der Waals surface area contributed by atoms with Crippen LogP contribution in [-0.4, -0.2) is 4.98 Å². The van der Waals surface area contributed by atoms with Crippen molar-refractivity contribution in [1.29, 1.82) is 0 Å². The van der Waals surface area contributed by atoms with Crippen molar-refractivity contribution >= 4 is 86.4 Å². The highest BCUT2D eigenvalue weighted by Gasteiger charge is 2.20. The molecule has 0 aliphatic rings. The molecule has 11 aromatic rings. The minimum Gasteiger partial charge on any atom is -0.354 e. The van der Waals surface area contributed by atoms with Crippen molar-refractivity contribution in [2.45, 2.75) is 52.4 Å². The largest absolute Gasteiger partial charge is 0.354 e. The highest BCUT2D eigenvalue weighted by atomic mass is 14.7. The van der Waals surface area contributed by atoms with Crippen molar-refractivity contribution in [2.75, 3.05) is 0 Å². The Labute approximate surface area is 309 Å². The van der Waals surface area contributed by atoms with E-state index in [2.05, 4.69) is 180 Å². The molecule has 0 bridgehead atoms. The van der Waals surface area contributed by atoms with E-state index in [0.29, 0.717) is 0 Å². The van der Waals surface area contributed by atoms with Crippen LogP contribution in [0.15, 0.2) is 133 Å². The predicted molar refractivity (Wildman–Crippen MR) is 231 cm³/mol. The molecular weight excluding hydrogens is 639 g/mol. The van der Waals surface area contributed by atoms with E-state index in [-0.39, 0.29) is 10.8 Å². The fourth-order valence-electron chi connectivity index (χ4n) is 9.25. The standard InChI is InChI=1S/C52H41N/c1-51(2,3)37-23-33-9-7-29-11-17-39(43-21-15-35(25-37)47(33)49(29)43)31-13-19-41-42-20-14-32(28-46(42)53-45(41)27-31)40-18-12-30-8-10-34-24-38(52(4,5)6)26-36-16-22-44(40)50(30)48(34)36/h7-28,53H,1-6H3. The Morgan fingerprint density at radius 3 is 1.06 bits per heavy atom. The number of nitrogens with one attached hydrogen (secondary N) is 1. The molecule has 0 spiro atoms. The van der Waals surface area contributed by atoms with Gasteiger partial charge in [-0.25, -0.2) is 0 Å². The van der Waals surface area contributed by atoms with E-state index in [0.717, 1.165) is 0 Å². The lowest BCUT2D eigenvalue weighted by atomic mass is 9.82. The van der Waals surface area contributed by atoms with Gasteiger partial charge in [0.15, 0.2) is 0 Å². The molecule has 0 atom stereocenters. The summed E-state index contributed by atoms with van der Waals surface area (Å²) in [6, 6.07) is 51.2. The fourth-order valence-corrected chi connectivity index (χ4v) is 9.25. The first-order chi connectivity index (χ1) is 25.5. The van der Waals surface area contributed by atoms with Crippen LogP contribution in [-0.2, 0) is 10.8 Å². The molecule has 0 saturated heterocycles. The Morgan fingerprint density at radius 2 is 0.660 bits per heavy atom. The maximum Gasteiger partial charge on any atom is 0.0471 e. The fraction of sp³-hybridized carbons (Fsp3) is 0.154. The molecule has 1 heteroatoms. The third kappa shape index (κ3) is 4.44. The van der Waals surface area contributed by atoms with E-state index in [1.54, 1.807) is 0 Å². The van der Waals surface area contributed by atoms with Crippen LogP contribution in [0.1, 0.15) is 52.7 Å². The first kappa shape index (κ1) is 30.7. The normalized spacial score (nSPS) is 13.1. The second kappa shape index (κ2) is 10.4. The van der Waals surface area contributed by atoms with E-state index in [1.165, 1.54) is 120 Å². The van der Waals surface area contributed by atoms with Gasteiger partial charge in [-0.1, -0.05) is 163 Å². The lowest BCUT2D eigenvalue weighted by Gasteiger charge is -2.22. The second-order valence-electron chi connectivity index (χ2n) is 17.5. The van der Waals surface area contributed by atoms with Gasteiger partial charge in [0.2, 0.25) is 0 Å². The van der Waals surface area contributed by atoms with Gasteiger partial charge < -0.3 is 4.98 Å². The lowest BCUT2D eigenvalue weighted by Crippen LogP contribution is -2.10. The Morgan fingerprint density at radius 1 is 0.321 bits per heavy atom. The van der Waals surface area contributed by atoms with Gasteiger partial charge in [0.1, 0.15) is 0 Å². The molecule has 1 N–H and O–H groups in total. The van der Waals surface area contributed by atoms with E-state index in [4.69, 9.17) is 0 Å². The Kier molecular flexibility index (Phi) is 6.00. The minimum absolute atomic E-state index is 0.101. The van der Waals surface area contributed by atoms with Gasteiger partial charge in [-0.3, -0.25) is 0 Å². The van der Waals surface area contributed by atoms with Gasteiger partial charge in [-0.05, 0) is 121 Å². The van der Waals surface area contributed by atoms with Gasteiger partial charge >= 0.3 is 0 Å². The average molecular weight is 680 g/mol. The number of rotatable bonds is 2. The number of benzene rings is 10. The van der Waals surface area contributed by atoms with E-state index in [9.17, 15) is 0 Å². The molecule has 1 heterocycles. The number of fused-ring (bicyclic) bond motifs is 3. The van der Waals surface area contributed by atoms with Crippen LogP contribution in [0.25, 0.3) is 109 Å². The molecule has 0 aliphatic heterocycles. The smallest absolute Gasteiger partial charge is 0.0471 e. The monoisotopic (exact) mass is 679 g/mol. The van der Waals surface area contributed by atoms with Gasteiger partial charge in [0, 0.05) is 21.8 Å². The van der Waals surface area contributed by atoms with Crippen LogP contribution in [0.3, 0.4) is 0 Å². The summed E-state index contributed by atoms with van der Waals surface area (Å²) in [7, 11) is 0. The molecule has 53 heavy (non-hydrogen) atoms. The Bertz CT molecular complexity index is 3030. The summed E-state index contributed by atoms with van der Waals surface area (Å²) in [5.74, 6) is 0. The number of hydrogen-bond acceptors (Lipinski definition) is 0. The molecule has 1 nitrogen and oxygen atoms in total. The van der Waals surface area contributed by atoms with Crippen LogP contribution in [0.2, 0.25) is 0 Å². The van der Waals surface area contributed by atoms with Crippen LogP contribution >= 0.6 is 0 Å². The molecule has 10 aromatic carbocycles. The van der Waals surface area contributed by atoms with Crippen molar-refractivity contribution in [2.24, 2.45) is 0 Å². The molecule has 1 aromatic heterocycles. The summed E-state index contributed by atoms with van der Waals surface area (Å²) >= 11 is 0. The minimum atomic E-state index is 0.101. The highest BCUT2D eigenvalue weighted by molar-refractivity contribution is 6.27. The zero-order valence-corrected chi connectivity index (χ0v) is 31.2. The molecule has 254 valence electrons. The van der Waals surface area contributed by atoms with Crippen molar-refractivity contribution in [3.8, 4) is 22.3 Å². The van der Waals surface area contributed by atoms with Crippen molar-refractivity contribution < 1.29 is 0 Å². The topological polar surface area (TPSA) is 15.8 Å². The summed E-state index contributed by atoms with van der Waals surface area (Å²) in [5.41, 5.74) is 10.3. The van der Waals surface area contributed by atoms with Crippen LogP contribution in [0, 0.1) is 0 Å². The maximum atomic E-state index is 3.84. The first-order valence-corrected chi connectivity index (χ1v) is 19.0.